The first-order valence-corrected chi connectivity index (χ1v) is 4.03. The summed E-state index contributed by atoms with van der Waals surface area (Å²) in [4.78, 5) is 1.24. The first-order chi connectivity index (χ1) is 4.93. The van der Waals surface area contributed by atoms with Gasteiger partial charge in [-0.25, -0.2) is 0 Å². The zero-order valence-electron chi connectivity index (χ0n) is 5.58. The molecule has 0 bridgehead atoms. The van der Waals surface area contributed by atoms with Crippen LogP contribution in [0, 0.1) is 12.3 Å². The Balaban J connectivity index is 2.52. The van der Waals surface area contributed by atoms with Gasteiger partial charge in [0.05, 0.1) is 5.75 Å². The summed E-state index contributed by atoms with van der Waals surface area (Å²) in [6, 6.07) is 10.1. The van der Waals surface area contributed by atoms with Crippen LogP contribution in [0.2, 0.25) is 0 Å². The van der Waals surface area contributed by atoms with Crippen molar-refractivity contribution in [3.05, 3.63) is 30.3 Å². The van der Waals surface area contributed by atoms with Crippen LogP contribution in [0.15, 0.2) is 35.2 Å². The molecule has 10 heavy (non-hydrogen) atoms. The Kier molecular flexibility index (Phi) is 2.92. The molecule has 0 fully saturated rings. The molecule has 0 aliphatic heterocycles. The molecule has 0 saturated carbocycles. The normalized spacial score (nSPS) is 8.70. The predicted molar refractivity (Wildman–Crippen MR) is 46.0 cm³/mol. The van der Waals surface area contributed by atoms with E-state index in [4.69, 9.17) is 6.42 Å². The second kappa shape index (κ2) is 4.03. The van der Waals surface area contributed by atoms with Crippen LogP contribution in [0.25, 0.3) is 0 Å². The third-order valence-corrected chi connectivity index (χ3v) is 1.98. The van der Waals surface area contributed by atoms with Gasteiger partial charge in [0.25, 0.3) is 0 Å². The molecule has 0 heterocycles. The van der Waals surface area contributed by atoms with E-state index >= 15 is 0 Å². The van der Waals surface area contributed by atoms with E-state index in [9.17, 15) is 0 Å². The largest absolute Gasteiger partial charge is 0.119 e. The highest BCUT2D eigenvalue weighted by Crippen LogP contribution is 2.15. The van der Waals surface area contributed by atoms with Crippen LogP contribution in [0.3, 0.4) is 0 Å². The lowest BCUT2D eigenvalue weighted by Gasteiger charge is -1.93. The van der Waals surface area contributed by atoms with Crippen LogP contribution in [0.4, 0.5) is 0 Å². The van der Waals surface area contributed by atoms with Crippen LogP contribution >= 0.6 is 11.8 Å². The van der Waals surface area contributed by atoms with Crippen molar-refractivity contribution in [1.82, 2.24) is 0 Å². The van der Waals surface area contributed by atoms with Crippen LogP contribution in [-0.4, -0.2) is 5.75 Å². The maximum Gasteiger partial charge on any atom is 0.0592 e. The molecule has 1 rings (SSSR count). The number of terminal acetylenes is 1. The molecular formula is C9H8S. The standard InChI is InChI=1S/C9H8S/c1-2-8-10-9-6-4-3-5-7-9/h1,3-7H,8H2. The molecule has 0 unspecified atom stereocenters. The molecule has 0 saturated heterocycles. The topological polar surface area (TPSA) is 0 Å². The predicted octanol–water partition coefficient (Wildman–Crippen LogP) is 2.41. The third-order valence-electron chi connectivity index (χ3n) is 1.07. The first kappa shape index (κ1) is 7.24. The molecule has 0 N–H and O–H groups in total. The maximum absolute atomic E-state index is 5.11. The number of hydrogen-bond acceptors (Lipinski definition) is 1. The number of benzene rings is 1. The molecule has 0 nitrogen and oxygen atoms in total. The molecule has 1 aromatic rings. The van der Waals surface area contributed by atoms with Crippen LogP contribution in [0.5, 0.6) is 0 Å². The van der Waals surface area contributed by atoms with Crippen molar-refractivity contribution in [2.45, 2.75) is 4.90 Å². The Hall–Kier alpha value is -0.870. The SMILES string of the molecule is C#CCSc1ccccc1. The van der Waals surface area contributed by atoms with E-state index in [0.29, 0.717) is 0 Å². The van der Waals surface area contributed by atoms with Crippen LogP contribution < -0.4 is 0 Å². The van der Waals surface area contributed by atoms with E-state index in [-0.39, 0.29) is 0 Å². The Morgan fingerprint density at radius 1 is 1.30 bits per heavy atom. The highest BCUT2D eigenvalue weighted by molar-refractivity contribution is 7.99. The van der Waals surface area contributed by atoms with Crippen molar-refractivity contribution in [2.24, 2.45) is 0 Å². The number of hydrogen-bond donors (Lipinski definition) is 0. The van der Waals surface area contributed by atoms with E-state index in [2.05, 4.69) is 18.1 Å². The molecule has 0 radical (unpaired) electrons. The van der Waals surface area contributed by atoms with Crippen molar-refractivity contribution in [2.75, 3.05) is 5.75 Å². The summed E-state index contributed by atoms with van der Waals surface area (Å²) in [6.45, 7) is 0. The molecule has 0 aliphatic carbocycles. The molecule has 0 atom stereocenters. The third kappa shape index (κ3) is 2.16. The highest BCUT2D eigenvalue weighted by atomic mass is 32.2. The minimum Gasteiger partial charge on any atom is -0.119 e. The van der Waals surface area contributed by atoms with Gasteiger partial charge in [-0.3, -0.25) is 0 Å². The van der Waals surface area contributed by atoms with E-state index in [1.165, 1.54) is 4.90 Å². The van der Waals surface area contributed by atoms with Gasteiger partial charge in [0.15, 0.2) is 0 Å². The van der Waals surface area contributed by atoms with E-state index in [1.807, 2.05) is 18.2 Å². The van der Waals surface area contributed by atoms with Gasteiger partial charge in [-0.1, -0.05) is 24.1 Å². The Labute approximate surface area is 65.6 Å². The molecule has 1 aromatic carbocycles. The summed E-state index contributed by atoms with van der Waals surface area (Å²) in [6.07, 6.45) is 5.11. The van der Waals surface area contributed by atoms with Gasteiger partial charge in [0.2, 0.25) is 0 Å². The van der Waals surface area contributed by atoms with Crippen molar-refractivity contribution in [3.8, 4) is 12.3 Å². The van der Waals surface area contributed by atoms with Crippen LogP contribution in [0.1, 0.15) is 0 Å². The summed E-state index contributed by atoms with van der Waals surface area (Å²) in [5, 5.41) is 0. The average Bonchev–Trinajstić information content (AvgIpc) is 2.03. The molecular weight excluding hydrogens is 140 g/mol. The van der Waals surface area contributed by atoms with Gasteiger partial charge in [0, 0.05) is 4.90 Å². The minimum atomic E-state index is 0.754. The van der Waals surface area contributed by atoms with Gasteiger partial charge in [-0.05, 0) is 12.1 Å². The minimum absolute atomic E-state index is 0.754. The summed E-state index contributed by atoms with van der Waals surface area (Å²) >= 11 is 1.68. The van der Waals surface area contributed by atoms with E-state index in [0.717, 1.165) is 5.75 Å². The second-order valence-corrected chi connectivity index (χ2v) is 2.85. The molecule has 0 amide bonds. The lowest BCUT2D eigenvalue weighted by Crippen LogP contribution is -1.71. The Morgan fingerprint density at radius 3 is 2.60 bits per heavy atom. The van der Waals surface area contributed by atoms with Gasteiger partial charge < -0.3 is 0 Å². The fourth-order valence-corrected chi connectivity index (χ4v) is 1.24. The first-order valence-electron chi connectivity index (χ1n) is 3.05. The monoisotopic (exact) mass is 148 g/mol. The molecule has 0 aliphatic rings. The van der Waals surface area contributed by atoms with Crippen molar-refractivity contribution < 1.29 is 0 Å². The Morgan fingerprint density at radius 2 is 2.00 bits per heavy atom. The fraction of sp³-hybridized carbons (Fsp3) is 0.111. The summed E-state index contributed by atoms with van der Waals surface area (Å²) in [7, 11) is 0. The van der Waals surface area contributed by atoms with E-state index in [1.54, 1.807) is 11.8 Å². The second-order valence-electron chi connectivity index (χ2n) is 1.81. The molecule has 50 valence electrons. The van der Waals surface area contributed by atoms with Crippen molar-refractivity contribution in [3.63, 3.8) is 0 Å². The smallest absolute Gasteiger partial charge is 0.0592 e. The lowest BCUT2D eigenvalue weighted by molar-refractivity contribution is 1.46. The Bertz CT molecular complexity index is 220. The van der Waals surface area contributed by atoms with E-state index < -0.39 is 0 Å². The van der Waals surface area contributed by atoms with Crippen molar-refractivity contribution in [1.29, 1.82) is 0 Å². The summed E-state index contributed by atoms with van der Waals surface area (Å²) < 4.78 is 0. The van der Waals surface area contributed by atoms with Crippen molar-refractivity contribution >= 4 is 11.8 Å². The average molecular weight is 148 g/mol. The van der Waals surface area contributed by atoms with Gasteiger partial charge in [0.1, 0.15) is 0 Å². The summed E-state index contributed by atoms with van der Waals surface area (Å²) in [5.41, 5.74) is 0. The number of thioether (sulfide) groups is 1. The van der Waals surface area contributed by atoms with Gasteiger partial charge in [-0.2, -0.15) is 0 Å². The molecule has 1 heteroatoms. The molecule has 0 spiro atoms. The van der Waals surface area contributed by atoms with Gasteiger partial charge >= 0.3 is 0 Å². The molecule has 0 aromatic heterocycles. The number of rotatable bonds is 2. The zero-order chi connectivity index (χ0) is 7.23. The quantitative estimate of drug-likeness (QED) is 0.458. The maximum atomic E-state index is 5.11. The highest BCUT2D eigenvalue weighted by Gasteiger charge is 1.86. The van der Waals surface area contributed by atoms with Crippen LogP contribution in [-0.2, 0) is 0 Å². The van der Waals surface area contributed by atoms with Gasteiger partial charge in [-0.15, -0.1) is 18.2 Å². The fourth-order valence-electron chi connectivity index (χ4n) is 0.642. The lowest BCUT2D eigenvalue weighted by atomic mass is 10.4. The summed E-state index contributed by atoms with van der Waals surface area (Å²) in [5.74, 6) is 3.33. The zero-order valence-corrected chi connectivity index (χ0v) is 6.40.